The van der Waals surface area contributed by atoms with Gasteiger partial charge in [0.15, 0.2) is 0 Å². The number of nitrogens with one attached hydrogen (secondary N) is 1. The van der Waals surface area contributed by atoms with Gasteiger partial charge in [-0.05, 0) is 49.9 Å². The van der Waals surface area contributed by atoms with E-state index < -0.39 is 33.4 Å². The first-order chi connectivity index (χ1) is 17.8. The van der Waals surface area contributed by atoms with Crippen LogP contribution >= 0.6 is 23.2 Å². The number of amides is 2. The van der Waals surface area contributed by atoms with E-state index in [1.165, 1.54) is 17.0 Å². The lowest BCUT2D eigenvalue weighted by Gasteiger charge is -2.32. The first-order valence-electron chi connectivity index (χ1n) is 12.0. The molecule has 2 aromatic carbocycles. The van der Waals surface area contributed by atoms with Crippen molar-refractivity contribution in [2.45, 2.75) is 58.2 Å². The molecule has 3 rings (SSSR count). The van der Waals surface area contributed by atoms with Crippen LogP contribution in [0.15, 0.2) is 36.4 Å². The molecular weight excluding hydrogens is 555 g/mol. The van der Waals surface area contributed by atoms with E-state index in [2.05, 4.69) is 5.32 Å². The first kappa shape index (κ1) is 29.7. The van der Waals surface area contributed by atoms with E-state index >= 15 is 0 Å². The summed E-state index contributed by atoms with van der Waals surface area (Å²) < 4.78 is 26.4. The third kappa shape index (κ3) is 7.36. The highest BCUT2D eigenvalue weighted by Gasteiger charge is 2.32. The molecule has 38 heavy (non-hydrogen) atoms. The summed E-state index contributed by atoms with van der Waals surface area (Å²) in [6.07, 6.45) is 4.65. The van der Waals surface area contributed by atoms with Crippen molar-refractivity contribution in [3.8, 4) is 0 Å². The first-order valence-corrected chi connectivity index (χ1v) is 14.6. The van der Waals surface area contributed by atoms with E-state index in [0.29, 0.717) is 16.1 Å². The smallest absolute Gasteiger partial charge is 0.271 e. The van der Waals surface area contributed by atoms with E-state index in [1.807, 2.05) is 0 Å². The normalized spacial score (nSPS) is 14.7. The maximum atomic E-state index is 13.7. The zero-order valence-electron chi connectivity index (χ0n) is 21.3. The van der Waals surface area contributed by atoms with Gasteiger partial charge in [-0.3, -0.25) is 24.0 Å². The summed E-state index contributed by atoms with van der Waals surface area (Å²) in [5.41, 5.74) is 0.707. The Morgan fingerprint density at radius 3 is 2.37 bits per heavy atom. The van der Waals surface area contributed by atoms with Crippen LogP contribution in [-0.4, -0.2) is 54.9 Å². The van der Waals surface area contributed by atoms with Crippen LogP contribution in [0.5, 0.6) is 0 Å². The number of carbonyl (C=O) groups is 2. The Hall–Kier alpha value is -2.89. The third-order valence-electron chi connectivity index (χ3n) is 6.56. The minimum atomic E-state index is -4.04. The van der Waals surface area contributed by atoms with Crippen LogP contribution in [0.2, 0.25) is 10.0 Å². The quantitative estimate of drug-likeness (QED) is 0.324. The Labute approximate surface area is 232 Å². The second kappa shape index (κ2) is 12.3. The lowest BCUT2D eigenvalue weighted by molar-refractivity contribution is -0.384. The van der Waals surface area contributed by atoms with E-state index in [4.69, 9.17) is 23.2 Å². The number of hydrogen-bond acceptors (Lipinski definition) is 6. The van der Waals surface area contributed by atoms with Crippen LogP contribution in [0.3, 0.4) is 0 Å². The van der Waals surface area contributed by atoms with Crippen molar-refractivity contribution in [2.75, 3.05) is 17.1 Å². The lowest BCUT2D eigenvalue weighted by Crippen LogP contribution is -2.52. The monoisotopic (exact) mass is 584 g/mol. The van der Waals surface area contributed by atoms with Gasteiger partial charge in [0, 0.05) is 24.7 Å². The molecule has 206 valence electrons. The van der Waals surface area contributed by atoms with Crippen molar-refractivity contribution in [3.05, 3.63) is 67.7 Å². The van der Waals surface area contributed by atoms with Gasteiger partial charge in [0.05, 0.1) is 26.9 Å². The molecule has 0 aliphatic heterocycles. The highest BCUT2D eigenvalue weighted by Crippen LogP contribution is 2.28. The predicted molar refractivity (Wildman–Crippen MR) is 147 cm³/mol. The number of rotatable bonds is 10. The molecule has 10 nitrogen and oxygen atoms in total. The molecule has 1 saturated carbocycles. The molecule has 0 aromatic heterocycles. The molecule has 2 amide bonds. The number of nitro benzene ring substituents is 1. The maximum absolute atomic E-state index is 13.7. The highest BCUT2D eigenvalue weighted by molar-refractivity contribution is 7.92. The minimum Gasteiger partial charge on any atom is -0.352 e. The Balaban J connectivity index is 1.96. The summed E-state index contributed by atoms with van der Waals surface area (Å²) in [6, 6.07) is 7.68. The number of nitro groups is 1. The lowest BCUT2D eigenvalue weighted by atomic mass is 10.1. The van der Waals surface area contributed by atoms with Gasteiger partial charge in [-0.2, -0.15) is 0 Å². The van der Waals surface area contributed by atoms with Gasteiger partial charge in [-0.1, -0.05) is 48.2 Å². The molecule has 1 fully saturated rings. The molecule has 0 bridgehead atoms. The molecule has 1 aliphatic rings. The predicted octanol–water partition coefficient (Wildman–Crippen LogP) is 4.45. The van der Waals surface area contributed by atoms with E-state index in [1.54, 1.807) is 32.0 Å². The maximum Gasteiger partial charge on any atom is 0.271 e. The van der Waals surface area contributed by atoms with Crippen LogP contribution in [0, 0.1) is 17.0 Å². The van der Waals surface area contributed by atoms with Crippen LogP contribution in [0.1, 0.15) is 43.7 Å². The standard InChI is InChI=1S/C25H30Cl2N4O6S/c1-16-8-10-20(31(34)35)13-23(16)30(38(3,36)37)15-24(32)29(14-18-9-11-21(26)22(27)12-18)17(2)25(33)28-19-6-4-5-7-19/h8-13,17,19H,4-7,14-15H2,1-3H3,(H,28,33)/t17-/m1/s1. The fourth-order valence-electron chi connectivity index (χ4n) is 4.38. The summed E-state index contributed by atoms with van der Waals surface area (Å²) in [7, 11) is -4.04. The number of benzene rings is 2. The van der Waals surface area contributed by atoms with Gasteiger partial charge in [-0.25, -0.2) is 8.42 Å². The van der Waals surface area contributed by atoms with Gasteiger partial charge in [0.1, 0.15) is 12.6 Å². The molecule has 1 N–H and O–H groups in total. The number of hydrogen-bond donors (Lipinski definition) is 1. The molecule has 0 unspecified atom stereocenters. The van der Waals surface area contributed by atoms with Gasteiger partial charge >= 0.3 is 0 Å². The average Bonchev–Trinajstić information content (AvgIpc) is 3.35. The molecule has 1 atom stereocenters. The largest absolute Gasteiger partial charge is 0.352 e. The number of halogens is 2. The van der Waals surface area contributed by atoms with E-state index in [9.17, 15) is 28.1 Å². The van der Waals surface area contributed by atoms with E-state index in [-0.39, 0.29) is 34.9 Å². The number of anilines is 1. The molecule has 0 saturated heterocycles. The van der Waals surface area contributed by atoms with Crippen molar-refractivity contribution in [3.63, 3.8) is 0 Å². The van der Waals surface area contributed by atoms with E-state index in [0.717, 1.165) is 42.3 Å². The van der Waals surface area contributed by atoms with Crippen molar-refractivity contribution in [1.29, 1.82) is 0 Å². The van der Waals surface area contributed by atoms with Crippen LogP contribution in [0.25, 0.3) is 0 Å². The summed E-state index contributed by atoms with van der Waals surface area (Å²) >= 11 is 12.2. The molecule has 2 aromatic rings. The van der Waals surface area contributed by atoms with Crippen LogP contribution in [0.4, 0.5) is 11.4 Å². The summed E-state index contributed by atoms with van der Waals surface area (Å²) in [4.78, 5) is 38.8. The van der Waals surface area contributed by atoms with Gasteiger partial charge in [0.2, 0.25) is 21.8 Å². The topological polar surface area (TPSA) is 130 Å². The summed E-state index contributed by atoms with van der Waals surface area (Å²) in [6.45, 7) is 2.46. The third-order valence-corrected chi connectivity index (χ3v) is 8.42. The Morgan fingerprint density at radius 2 is 1.79 bits per heavy atom. The number of aryl methyl sites for hydroxylation is 1. The number of sulfonamides is 1. The van der Waals surface area contributed by atoms with Gasteiger partial charge in [0.25, 0.3) is 5.69 Å². The summed E-state index contributed by atoms with van der Waals surface area (Å²) in [5.74, 6) is -1.02. The van der Waals surface area contributed by atoms with Gasteiger partial charge < -0.3 is 10.2 Å². The Kier molecular flexibility index (Phi) is 9.61. The van der Waals surface area contributed by atoms with Crippen molar-refractivity contribution in [1.82, 2.24) is 10.2 Å². The minimum absolute atomic E-state index is 0.00703. The fraction of sp³-hybridized carbons (Fsp3) is 0.440. The van der Waals surface area contributed by atoms with Crippen molar-refractivity contribution >= 4 is 56.4 Å². The Bertz CT molecular complexity index is 1330. The highest BCUT2D eigenvalue weighted by atomic mass is 35.5. The van der Waals surface area contributed by atoms with Crippen molar-refractivity contribution < 1.29 is 22.9 Å². The molecular formula is C25H30Cl2N4O6S. The van der Waals surface area contributed by atoms with Gasteiger partial charge in [-0.15, -0.1) is 0 Å². The molecule has 0 radical (unpaired) electrons. The molecule has 1 aliphatic carbocycles. The zero-order chi connectivity index (χ0) is 28.2. The number of non-ortho nitro benzene ring substituents is 1. The molecule has 13 heteroatoms. The molecule has 0 spiro atoms. The molecule has 0 heterocycles. The fourth-order valence-corrected chi connectivity index (χ4v) is 5.60. The second-order valence-corrected chi connectivity index (χ2v) is 12.2. The zero-order valence-corrected chi connectivity index (χ0v) is 23.6. The van der Waals surface area contributed by atoms with Crippen molar-refractivity contribution in [2.24, 2.45) is 0 Å². The Morgan fingerprint density at radius 1 is 1.13 bits per heavy atom. The number of carbonyl (C=O) groups excluding carboxylic acids is 2. The number of nitrogens with zero attached hydrogens (tertiary/aromatic N) is 3. The van der Waals surface area contributed by atoms with Crippen LogP contribution in [-0.2, 0) is 26.2 Å². The summed E-state index contributed by atoms with van der Waals surface area (Å²) in [5, 5.41) is 14.9. The second-order valence-electron chi connectivity index (χ2n) is 9.43. The van der Waals surface area contributed by atoms with Crippen LogP contribution < -0.4 is 9.62 Å². The average molecular weight is 586 g/mol. The SMILES string of the molecule is Cc1ccc([N+](=O)[O-])cc1N(CC(=O)N(Cc1ccc(Cl)c(Cl)c1)[C@H](C)C(=O)NC1CCCC1)S(C)(=O)=O.